The second-order valence-corrected chi connectivity index (χ2v) is 5.93. The number of carbonyl (C=O) groups is 1. The molecule has 2 aromatic carbocycles. The smallest absolute Gasteiger partial charge is 0.256 e. The van der Waals surface area contributed by atoms with Gasteiger partial charge in [-0.05, 0) is 48.4 Å². The molecule has 0 aromatic heterocycles. The number of thioether (sulfide) groups is 1. The molecule has 0 saturated heterocycles. The third-order valence-electron chi connectivity index (χ3n) is 3.70. The van der Waals surface area contributed by atoms with Crippen molar-refractivity contribution in [1.29, 1.82) is 0 Å². The molecule has 1 atom stereocenters. The molecule has 2 rings (SSSR count). The Morgan fingerprint density at radius 2 is 1.81 bits per heavy atom. The maximum absolute atomic E-state index is 12.3. The molecule has 21 heavy (non-hydrogen) atoms. The van der Waals surface area contributed by atoms with Gasteiger partial charge in [0.25, 0.3) is 5.91 Å². The van der Waals surface area contributed by atoms with E-state index in [9.17, 15) is 4.79 Å². The molecule has 0 bridgehead atoms. The Morgan fingerprint density at radius 1 is 1.14 bits per heavy atom. The van der Waals surface area contributed by atoms with Crippen LogP contribution in [0.4, 0.5) is 5.69 Å². The number of hydrogen-bond acceptors (Lipinski definition) is 2. The van der Waals surface area contributed by atoms with Gasteiger partial charge in [0.1, 0.15) is 0 Å². The highest BCUT2D eigenvalue weighted by Crippen LogP contribution is 2.23. The van der Waals surface area contributed by atoms with E-state index in [1.54, 1.807) is 11.8 Å². The van der Waals surface area contributed by atoms with Crippen LogP contribution in [0.1, 0.15) is 42.1 Å². The lowest BCUT2D eigenvalue weighted by Gasteiger charge is -2.11. The Labute approximate surface area is 131 Å². The standard InChI is InChI=1S/C18H21NOS/c1-4-13(2)14-9-11-15(12-10-14)19-18(20)16-7-5-6-8-17(16)21-3/h5-13H,4H2,1-3H3,(H,19,20). The fourth-order valence-electron chi connectivity index (χ4n) is 2.16. The summed E-state index contributed by atoms with van der Waals surface area (Å²) < 4.78 is 0. The van der Waals surface area contributed by atoms with Gasteiger partial charge in [-0.25, -0.2) is 0 Å². The van der Waals surface area contributed by atoms with Gasteiger partial charge in [-0.1, -0.05) is 38.1 Å². The molecular formula is C18H21NOS. The first-order chi connectivity index (χ1) is 10.2. The molecule has 0 spiro atoms. The highest BCUT2D eigenvalue weighted by Gasteiger charge is 2.10. The molecule has 0 radical (unpaired) electrons. The van der Waals surface area contributed by atoms with E-state index in [-0.39, 0.29) is 5.91 Å². The van der Waals surface area contributed by atoms with Gasteiger partial charge >= 0.3 is 0 Å². The van der Waals surface area contributed by atoms with Crippen molar-refractivity contribution >= 4 is 23.4 Å². The van der Waals surface area contributed by atoms with Gasteiger partial charge in [-0.2, -0.15) is 0 Å². The number of carbonyl (C=O) groups excluding carboxylic acids is 1. The van der Waals surface area contributed by atoms with E-state index in [1.807, 2.05) is 42.7 Å². The molecule has 0 aliphatic heterocycles. The zero-order valence-corrected chi connectivity index (χ0v) is 13.5. The first-order valence-electron chi connectivity index (χ1n) is 7.20. The van der Waals surface area contributed by atoms with E-state index in [0.717, 1.165) is 22.6 Å². The molecule has 2 nitrogen and oxygen atoms in total. The van der Waals surface area contributed by atoms with Crippen molar-refractivity contribution in [2.45, 2.75) is 31.1 Å². The van der Waals surface area contributed by atoms with Crippen LogP contribution in [0.3, 0.4) is 0 Å². The van der Waals surface area contributed by atoms with Crippen LogP contribution < -0.4 is 5.32 Å². The van der Waals surface area contributed by atoms with Crippen LogP contribution in [0.25, 0.3) is 0 Å². The molecule has 1 amide bonds. The summed E-state index contributed by atoms with van der Waals surface area (Å²) in [5, 5.41) is 2.96. The van der Waals surface area contributed by atoms with Crippen molar-refractivity contribution < 1.29 is 4.79 Å². The lowest BCUT2D eigenvalue weighted by molar-refractivity contribution is 0.102. The normalized spacial score (nSPS) is 12.0. The van der Waals surface area contributed by atoms with E-state index in [0.29, 0.717) is 5.92 Å². The Bertz CT molecular complexity index is 607. The maximum atomic E-state index is 12.3. The molecule has 110 valence electrons. The summed E-state index contributed by atoms with van der Waals surface area (Å²) in [6, 6.07) is 15.8. The average Bonchev–Trinajstić information content (AvgIpc) is 2.54. The fourth-order valence-corrected chi connectivity index (χ4v) is 2.76. The summed E-state index contributed by atoms with van der Waals surface area (Å²) in [4.78, 5) is 13.3. The first-order valence-corrected chi connectivity index (χ1v) is 8.42. The molecule has 2 aromatic rings. The van der Waals surface area contributed by atoms with Crippen molar-refractivity contribution in [1.82, 2.24) is 0 Å². The molecule has 0 heterocycles. The van der Waals surface area contributed by atoms with Gasteiger partial charge in [-0.3, -0.25) is 4.79 Å². The molecule has 1 unspecified atom stereocenters. The summed E-state index contributed by atoms with van der Waals surface area (Å²) in [6.07, 6.45) is 3.10. The summed E-state index contributed by atoms with van der Waals surface area (Å²) in [7, 11) is 0. The molecule has 0 aliphatic rings. The Morgan fingerprint density at radius 3 is 2.43 bits per heavy atom. The highest BCUT2D eigenvalue weighted by molar-refractivity contribution is 7.98. The van der Waals surface area contributed by atoms with E-state index < -0.39 is 0 Å². The van der Waals surface area contributed by atoms with Crippen LogP contribution >= 0.6 is 11.8 Å². The van der Waals surface area contributed by atoms with Gasteiger partial charge in [0, 0.05) is 10.6 Å². The highest BCUT2D eigenvalue weighted by atomic mass is 32.2. The van der Waals surface area contributed by atoms with Crippen LogP contribution in [0.5, 0.6) is 0 Å². The summed E-state index contributed by atoms with van der Waals surface area (Å²) in [6.45, 7) is 4.39. The number of rotatable bonds is 5. The van der Waals surface area contributed by atoms with Gasteiger partial charge < -0.3 is 5.32 Å². The average molecular weight is 299 g/mol. The van der Waals surface area contributed by atoms with Crippen LogP contribution in [0.2, 0.25) is 0 Å². The monoisotopic (exact) mass is 299 g/mol. The molecule has 1 N–H and O–H groups in total. The quantitative estimate of drug-likeness (QED) is 0.771. The van der Waals surface area contributed by atoms with Crippen molar-refractivity contribution in [3.05, 3.63) is 59.7 Å². The molecular weight excluding hydrogens is 278 g/mol. The minimum atomic E-state index is -0.0590. The predicted molar refractivity (Wildman–Crippen MR) is 91.3 cm³/mol. The third kappa shape index (κ3) is 3.88. The van der Waals surface area contributed by atoms with Gasteiger partial charge in [0.05, 0.1) is 5.56 Å². The molecule has 0 aliphatic carbocycles. The van der Waals surface area contributed by atoms with E-state index in [2.05, 4.69) is 31.3 Å². The van der Waals surface area contributed by atoms with Crippen molar-refractivity contribution in [2.24, 2.45) is 0 Å². The Balaban J connectivity index is 2.12. The second kappa shape index (κ2) is 7.32. The van der Waals surface area contributed by atoms with Crippen LogP contribution in [-0.4, -0.2) is 12.2 Å². The fraction of sp³-hybridized carbons (Fsp3) is 0.278. The Kier molecular flexibility index (Phi) is 5.45. The first kappa shape index (κ1) is 15.6. The topological polar surface area (TPSA) is 29.1 Å². The van der Waals surface area contributed by atoms with Crippen LogP contribution in [0.15, 0.2) is 53.4 Å². The summed E-state index contributed by atoms with van der Waals surface area (Å²) in [5.41, 5.74) is 2.86. The summed E-state index contributed by atoms with van der Waals surface area (Å²) in [5.74, 6) is 0.489. The largest absolute Gasteiger partial charge is 0.322 e. The van der Waals surface area contributed by atoms with E-state index >= 15 is 0 Å². The van der Waals surface area contributed by atoms with Gasteiger partial charge in [0.15, 0.2) is 0 Å². The van der Waals surface area contributed by atoms with E-state index in [4.69, 9.17) is 0 Å². The minimum absolute atomic E-state index is 0.0590. The number of amides is 1. The van der Waals surface area contributed by atoms with Crippen LogP contribution in [0, 0.1) is 0 Å². The molecule has 3 heteroatoms. The zero-order chi connectivity index (χ0) is 15.2. The predicted octanol–water partition coefficient (Wildman–Crippen LogP) is 5.17. The van der Waals surface area contributed by atoms with E-state index in [1.165, 1.54) is 5.56 Å². The number of benzene rings is 2. The second-order valence-electron chi connectivity index (χ2n) is 5.09. The zero-order valence-electron chi connectivity index (χ0n) is 12.7. The Hall–Kier alpha value is -1.74. The summed E-state index contributed by atoms with van der Waals surface area (Å²) >= 11 is 1.58. The van der Waals surface area contributed by atoms with Crippen molar-refractivity contribution in [3.63, 3.8) is 0 Å². The minimum Gasteiger partial charge on any atom is -0.322 e. The number of nitrogens with one attached hydrogen (secondary N) is 1. The molecule has 0 fully saturated rings. The number of hydrogen-bond donors (Lipinski definition) is 1. The van der Waals surface area contributed by atoms with Crippen molar-refractivity contribution in [2.75, 3.05) is 11.6 Å². The number of anilines is 1. The van der Waals surface area contributed by atoms with Crippen LogP contribution in [-0.2, 0) is 0 Å². The third-order valence-corrected chi connectivity index (χ3v) is 4.50. The lowest BCUT2D eigenvalue weighted by Crippen LogP contribution is -2.12. The SMILES string of the molecule is CCC(C)c1ccc(NC(=O)c2ccccc2SC)cc1. The van der Waals surface area contributed by atoms with Gasteiger partial charge in [-0.15, -0.1) is 11.8 Å². The van der Waals surface area contributed by atoms with Crippen molar-refractivity contribution in [3.8, 4) is 0 Å². The van der Waals surface area contributed by atoms with Gasteiger partial charge in [0.2, 0.25) is 0 Å². The maximum Gasteiger partial charge on any atom is 0.256 e. The molecule has 0 saturated carbocycles. The lowest BCUT2D eigenvalue weighted by atomic mass is 9.98.